The molecule has 3 aromatic carbocycles. The Hall–Kier alpha value is -4.59. The number of benzene rings is 3. The van der Waals surface area contributed by atoms with Gasteiger partial charge in [0.15, 0.2) is 5.57 Å². The number of likely N-dealkylation sites (tertiary alicyclic amines) is 1. The predicted octanol–water partition coefficient (Wildman–Crippen LogP) is 6.29. The molecule has 0 radical (unpaired) electrons. The van der Waals surface area contributed by atoms with Crippen molar-refractivity contribution in [1.29, 1.82) is 10.5 Å². The van der Waals surface area contributed by atoms with Gasteiger partial charge < -0.3 is 14.7 Å². The summed E-state index contributed by atoms with van der Waals surface area (Å²) < 4.78 is 0. The van der Waals surface area contributed by atoms with E-state index in [4.69, 9.17) is 0 Å². The van der Waals surface area contributed by atoms with Crippen LogP contribution in [0.4, 0.5) is 5.69 Å². The molecular formula is C37H42N6O. The quantitative estimate of drug-likeness (QED) is 0.260. The molecule has 2 heterocycles. The van der Waals surface area contributed by atoms with Crippen molar-refractivity contribution < 1.29 is 4.79 Å². The largest absolute Gasteiger partial charge is 0.354 e. The lowest BCUT2D eigenvalue weighted by atomic mass is 10.1. The molecule has 7 heteroatoms. The van der Waals surface area contributed by atoms with Crippen molar-refractivity contribution in [3.8, 4) is 12.1 Å². The van der Waals surface area contributed by atoms with Crippen LogP contribution in [0.2, 0.25) is 0 Å². The van der Waals surface area contributed by atoms with E-state index < -0.39 is 0 Å². The number of allylic oxidation sites excluding steroid dienone is 1. The fourth-order valence-electron chi connectivity index (χ4n) is 6.50. The van der Waals surface area contributed by atoms with E-state index in [1.165, 1.54) is 36.0 Å². The normalized spacial score (nSPS) is 15.1. The molecule has 1 amide bonds. The standard InChI is InChI=1S/C37H42N6O/c1-29-20-30(2)22-33(21-29)27-42-19-18-41(37(42)34(24-38)25-39)17-14-36(44)43(28-31-10-5-3-6-11-31)35-13-9-12-32(23-35)26-40-15-7-4-8-16-40/h3,5-6,9-13,20-23H,4,7-8,14-19,26-28H2,1-2H3. The summed E-state index contributed by atoms with van der Waals surface area (Å²) in [4.78, 5) is 22.5. The van der Waals surface area contributed by atoms with E-state index in [0.29, 0.717) is 38.5 Å². The molecular weight excluding hydrogens is 544 g/mol. The van der Waals surface area contributed by atoms with Crippen LogP contribution < -0.4 is 4.90 Å². The van der Waals surface area contributed by atoms with Crippen molar-refractivity contribution in [3.63, 3.8) is 0 Å². The second kappa shape index (κ2) is 14.7. The summed E-state index contributed by atoms with van der Waals surface area (Å²) in [6.07, 6.45) is 4.06. The molecule has 0 bridgehead atoms. The van der Waals surface area contributed by atoms with E-state index >= 15 is 0 Å². The summed E-state index contributed by atoms with van der Waals surface area (Å²) in [7, 11) is 0. The second-order valence-corrected chi connectivity index (χ2v) is 12.0. The van der Waals surface area contributed by atoms with Gasteiger partial charge in [-0.05, 0) is 68.6 Å². The monoisotopic (exact) mass is 586 g/mol. The van der Waals surface area contributed by atoms with Crippen LogP contribution in [-0.2, 0) is 24.4 Å². The summed E-state index contributed by atoms with van der Waals surface area (Å²) in [5.41, 5.74) is 6.79. The van der Waals surface area contributed by atoms with Gasteiger partial charge in [-0.15, -0.1) is 0 Å². The third-order valence-corrected chi connectivity index (χ3v) is 8.50. The third-order valence-electron chi connectivity index (χ3n) is 8.50. The summed E-state index contributed by atoms with van der Waals surface area (Å²) in [6, 6.07) is 29.1. The zero-order chi connectivity index (χ0) is 30.9. The molecule has 0 spiro atoms. The first-order valence-corrected chi connectivity index (χ1v) is 15.7. The van der Waals surface area contributed by atoms with Crippen LogP contribution in [0.5, 0.6) is 0 Å². The van der Waals surface area contributed by atoms with Crippen molar-refractivity contribution in [2.75, 3.05) is 37.6 Å². The topological polar surface area (TPSA) is 77.6 Å². The zero-order valence-electron chi connectivity index (χ0n) is 26.0. The number of anilines is 1. The van der Waals surface area contributed by atoms with Gasteiger partial charge >= 0.3 is 0 Å². The zero-order valence-corrected chi connectivity index (χ0v) is 26.0. The van der Waals surface area contributed by atoms with Crippen LogP contribution in [0.15, 0.2) is 84.2 Å². The second-order valence-electron chi connectivity index (χ2n) is 12.0. The number of hydrogen-bond donors (Lipinski definition) is 0. The molecule has 0 N–H and O–H groups in total. The maximum Gasteiger partial charge on any atom is 0.229 e. The number of carbonyl (C=O) groups excluding carboxylic acids is 1. The Labute approximate surface area is 262 Å². The lowest BCUT2D eigenvalue weighted by Crippen LogP contribution is -2.34. The number of amides is 1. The first-order chi connectivity index (χ1) is 21.4. The van der Waals surface area contributed by atoms with Gasteiger partial charge in [0.05, 0.1) is 6.54 Å². The Bertz CT molecular complexity index is 1520. The highest BCUT2D eigenvalue weighted by molar-refractivity contribution is 5.93. The fourth-order valence-corrected chi connectivity index (χ4v) is 6.50. The highest BCUT2D eigenvalue weighted by atomic mass is 16.2. The first-order valence-electron chi connectivity index (χ1n) is 15.7. The summed E-state index contributed by atoms with van der Waals surface area (Å²) in [5, 5.41) is 19.7. The number of aryl methyl sites for hydroxylation is 2. The van der Waals surface area contributed by atoms with Crippen molar-refractivity contribution in [1.82, 2.24) is 14.7 Å². The van der Waals surface area contributed by atoms with Gasteiger partial charge in [0.25, 0.3) is 0 Å². The van der Waals surface area contributed by atoms with E-state index in [1.807, 2.05) is 34.1 Å². The minimum atomic E-state index is 0.0200. The molecule has 0 unspecified atom stereocenters. The Morgan fingerprint density at radius 2 is 1.43 bits per heavy atom. The number of nitrogens with zero attached hydrogens (tertiary/aromatic N) is 6. The van der Waals surface area contributed by atoms with E-state index in [2.05, 4.69) is 84.3 Å². The van der Waals surface area contributed by atoms with E-state index in [1.54, 1.807) is 0 Å². The molecule has 2 fully saturated rings. The summed E-state index contributed by atoms with van der Waals surface area (Å²) >= 11 is 0. The van der Waals surface area contributed by atoms with E-state index in [9.17, 15) is 15.3 Å². The maximum absolute atomic E-state index is 14.0. The Kier molecular flexibility index (Phi) is 10.3. The van der Waals surface area contributed by atoms with Gasteiger partial charge in [0.2, 0.25) is 5.91 Å². The van der Waals surface area contributed by atoms with Crippen molar-refractivity contribution in [3.05, 3.63) is 112 Å². The first kappa shape index (κ1) is 30.9. The lowest BCUT2D eigenvalue weighted by molar-refractivity contribution is -0.119. The lowest BCUT2D eigenvalue weighted by Gasteiger charge is -2.28. The minimum absolute atomic E-state index is 0.0200. The van der Waals surface area contributed by atoms with Gasteiger partial charge in [-0.3, -0.25) is 9.69 Å². The predicted molar refractivity (Wildman–Crippen MR) is 174 cm³/mol. The van der Waals surface area contributed by atoms with Crippen LogP contribution in [0.1, 0.15) is 53.5 Å². The van der Waals surface area contributed by atoms with Crippen LogP contribution >= 0.6 is 0 Å². The highest BCUT2D eigenvalue weighted by Gasteiger charge is 2.30. The minimum Gasteiger partial charge on any atom is -0.354 e. The number of nitriles is 2. The number of carbonyl (C=O) groups is 1. The number of piperidine rings is 1. The highest BCUT2D eigenvalue weighted by Crippen LogP contribution is 2.27. The van der Waals surface area contributed by atoms with Gasteiger partial charge in [-0.2, -0.15) is 10.5 Å². The SMILES string of the molecule is Cc1cc(C)cc(CN2CCN(CCC(=O)N(Cc3ccccc3)c3cccc(CN4CCCCC4)c3)C2=C(C#N)C#N)c1. The van der Waals surface area contributed by atoms with Crippen molar-refractivity contribution in [2.24, 2.45) is 0 Å². The van der Waals surface area contributed by atoms with Crippen LogP contribution in [0.3, 0.4) is 0 Å². The van der Waals surface area contributed by atoms with Gasteiger partial charge in [0.1, 0.15) is 18.0 Å². The van der Waals surface area contributed by atoms with Gasteiger partial charge in [-0.1, -0.05) is 78.2 Å². The van der Waals surface area contributed by atoms with Gasteiger partial charge in [-0.25, -0.2) is 0 Å². The van der Waals surface area contributed by atoms with E-state index in [-0.39, 0.29) is 17.9 Å². The molecule has 2 aliphatic rings. The summed E-state index contributed by atoms with van der Waals surface area (Å²) in [6.45, 7) is 10.2. The number of hydrogen-bond acceptors (Lipinski definition) is 6. The van der Waals surface area contributed by atoms with Gasteiger partial charge in [0, 0.05) is 44.8 Å². The van der Waals surface area contributed by atoms with Crippen molar-refractivity contribution >= 4 is 11.6 Å². The van der Waals surface area contributed by atoms with Crippen molar-refractivity contribution in [2.45, 2.75) is 59.2 Å². The van der Waals surface area contributed by atoms with Crippen LogP contribution in [0.25, 0.3) is 0 Å². The molecule has 0 saturated carbocycles. The molecule has 44 heavy (non-hydrogen) atoms. The maximum atomic E-state index is 14.0. The Balaban J connectivity index is 1.34. The third kappa shape index (κ3) is 7.86. The smallest absolute Gasteiger partial charge is 0.229 e. The Morgan fingerprint density at radius 3 is 2.14 bits per heavy atom. The molecule has 0 atom stereocenters. The molecule has 7 nitrogen and oxygen atoms in total. The molecule has 2 aliphatic heterocycles. The average molecular weight is 587 g/mol. The summed E-state index contributed by atoms with van der Waals surface area (Å²) in [5.74, 6) is 0.645. The average Bonchev–Trinajstić information content (AvgIpc) is 3.41. The van der Waals surface area contributed by atoms with Crippen LogP contribution in [-0.4, -0.2) is 53.3 Å². The molecule has 3 aromatic rings. The molecule has 0 aliphatic carbocycles. The molecule has 5 rings (SSSR count). The fraction of sp³-hybridized carbons (Fsp3) is 0.378. The molecule has 0 aromatic heterocycles. The molecule has 226 valence electrons. The Morgan fingerprint density at radius 1 is 0.750 bits per heavy atom. The van der Waals surface area contributed by atoms with Crippen LogP contribution in [0, 0.1) is 36.5 Å². The molecule has 2 saturated heterocycles. The number of rotatable bonds is 10. The van der Waals surface area contributed by atoms with E-state index in [0.717, 1.165) is 36.4 Å².